The van der Waals surface area contributed by atoms with Crippen LogP contribution in [0.15, 0.2) is 24.3 Å². The van der Waals surface area contributed by atoms with Gasteiger partial charge in [0.25, 0.3) is 0 Å². The van der Waals surface area contributed by atoms with Crippen molar-refractivity contribution in [3.05, 3.63) is 35.4 Å². The van der Waals surface area contributed by atoms with Crippen LogP contribution in [0.5, 0.6) is 0 Å². The maximum Gasteiger partial charge on any atom is 0.224 e. The number of hydrogen-bond acceptors (Lipinski definition) is 2. The molecule has 0 saturated heterocycles. The number of carbonyl (C=O) groups is 1. The highest BCUT2D eigenvalue weighted by atomic mass is 32.1. The minimum atomic E-state index is 0.0844. The van der Waals surface area contributed by atoms with Gasteiger partial charge in [0.15, 0.2) is 0 Å². The van der Waals surface area contributed by atoms with Gasteiger partial charge in [-0.2, -0.15) is 0 Å². The van der Waals surface area contributed by atoms with Gasteiger partial charge in [-0.25, -0.2) is 0 Å². The van der Waals surface area contributed by atoms with E-state index in [4.69, 9.17) is 18.0 Å². The van der Waals surface area contributed by atoms with E-state index in [1.54, 1.807) is 0 Å². The first kappa shape index (κ1) is 15.0. The Hall–Kier alpha value is -1.42. The highest BCUT2D eigenvalue weighted by Crippen LogP contribution is 2.36. The second-order valence-corrected chi connectivity index (χ2v) is 6.47. The van der Waals surface area contributed by atoms with Crippen molar-refractivity contribution in [1.29, 1.82) is 0 Å². The van der Waals surface area contributed by atoms with Gasteiger partial charge in [0, 0.05) is 12.1 Å². The zero-order chi connectivity index (χ0) is 14.6. The minimum Gasteiger partial charge on any atom is -0.389 e. The Morgan fingerprint density at radius 1 is 1.30 bits per heavy atom. The van der Waals surface area contributed by atoms with Gasteiger partial charge in [0.2, 0.25) is 5.91 Å². The Morgan fingerprint density at radius 3 is 2.45 bits per heavy atom. The van der Waals surface area contributed by atoms with Crippen LogP contribution in [-0.4, -0.2) is 17.4 Å². The smallest absolute Gasteiger partial charge is 0.224 e. The first-order chi connectivity index (χ1) is 9.48. The van der Waals surface area contributed by atoms with Gasteiger partial charge in [0.1, 0.15) is 4.99 Å². The molecular formula is C16H22N2OS. The summed E-state index contributed by atoms with van der Waals surface area (Å²) in [4.78, 5) is 12.4. The minimum absolute atomic E-state index is 0.0844. The van der Waals surface area contributed by atoms with Gasteiger partial charge < -0.3 is 11.1 Å². The summed E-state index contributed by atoms with van der Waals surface area (Å²) >= 11 is 4.91. The van der Waals surface area contributed by atoms with E-state index < -0.39 is 0 Å². The van der Waals surface area contributed by atoms with Crippen LogP contribution in [0.2, 0.25) is 0 Å². The molecule has 0 atom stereocenters. The third-order valence-corrected chi connectivity index (χ3v) is 4.36. The Morgan fingerprint density at radius 2 is 1.90 bits per heavy atom. The lowest BCUT2D eigenvalue weighted by Gasteiger charge is -2.23. The topological polar surface area (TPSA) is 55.1 Å². The predicted octanol–water partition coefficient (Wildman–Crippen LogP) is 2.56. The molecule has 0 spiro atoms. The maximum atomic E-state index is 12.0. The van der Waals surface area contributed by atoms with Crippen molar-refractivity contribution >= 4 is 23.1 Å². The molecule has 20 heavy (non-hydrogen) atoms. The van der Waals surface area contributed by atoms with Crippen molar-refractivity contribution in [3.63, 3.8) is 0 Å². The van der Waals surface area contributed by atoms with Gasteiger partial charge in [0.05, 0.1) is 6.42 Å². The third-order valence-electron chi connectivity index (χ3n) is 4.13. The van der Waals surface area contributed by atoms with Crippen LogP contribution < -0.4 is 11.1 Å². The number of thiocarbonyl (C=S) groups is 1. The molecule has 1 aliphatic carbocycles. The molecule has 1 aromatic rings. The molecule has 0 aromatic heterocycles. The van der Waals surface area contributed by atoms with Crippen LogP contribution in [-0.2, 0) is 11.2 Å². The SMILES string of the molecule is CC1(CNC(=O)Cc2ccc(C(N)=S)cc2)CCCC1. The Balaban J connectivity index is 1.83. The fourth-order valence-corrected chi connectivity index (χ4v) is 2.89. The second kappa shape index (κ2) is 6.35. The fourth-order valence-electron chi connectivity index (χ4n) is 2.75. The normalized spacial score (nSPS) is 16.9. The summed E-state index contributed by atoms with van der Waals surface area (Å²) in [6, 6.07) is 7.54. The standard InChI is InChI=1S/C16H22N2OS/c1-16(8-2-3-9-16)11-18-14(19)10-12-4-6-13(7-5-12)15(17)20/h4-7H,2-3,8-11H2,1H3,(H2,17,20)(H,18,19). The average molecular weight is 290 g/mol. The number of amides is 1. The number of benzene rings is 1. The lowest BCUT2D eigenvalue weighted by molar-refractivity contribution is -0.120. The fraction of sp³-hybridized carbons (Fsp3) is 0.500. The van der Waals surface area contributed by atoms with E-state index in [1.807, 2.05) is 24.3 Å². The van der Waals surface area contributed by atoms with Crippen molar-refractivity contribution in [2.24, 2.45) is 11.1 Å². The molecule has 0 bridgehead atoms. The van der Waals surface area contributed by atoms with E-state index in [9.17, 15) is 4.79 Å². The second-order valence-electron chi connectivity index (χ2n) is 6.03. The molecule has 1 amide bonds. The largest absolute Gasteiger partial charge is 0.389 e. The average Bonchev–Trinajstić information content (AvgIpc) is 2.85. The van der Waals surface area contributed by atoms with Gasteiger partial charge in [-0.05, 0) is 23.8 Å². The van der Waals surface area contributed by atoms with Crippen LogP contribution >= 0.6 is 12.2 Å². The lowest BCUT2D eigenvalue weighted by atomic mass is 9.89. The van der Waals surface area contributed by atoms with E-state index in [0.29, 0.717) is 16.8 Å². The van der Waals surface area contributed by atoms with E-state index in [-0.39, 0.29) is 5.91 Å². The summed E-state index contributed by atoms with van der Waals surface area (Å²) in [7, 11) is 0. The molecular weight excluding hydrogens is 268 g/mol. The van der Waals surface area contributed by atoms with Gasteiger partial charge in [-0.1, -0.05) is 56.2 Å². The molecule has 0 unspecified atom stereocenters. The highest BCUT2D eigenvalue weighted by molar-refractivity contribution is 7.80. The molecule has 1 saturated carbocycles. The van der Waals surface area contributed by atoms with Crippen molar-refractivity contribution in [3.8, 4) is 0 Å². The molecule has 108 valence electrons. The van der Waals surface area contributed by atoms with Crippen LogP contribution in [0, 0.1) is 5.41 Å². The Bertz CT molecular complexity index is 490. The number of hydrogen-bond donors (Lipinski definition) is 2. The van der Waals surface area contributed by atoms with Crippen LogP contribution in [0.25, 0.3) is 0 Å². The zero-order valence-electron chi connectivity index (χ0n) is 11.9. The van der Waals surface area contributed by atoms with Gasteiger partial charge in [-0.3, -0.25) is 4.79 Å². The van der Waals surface area contributed by atoms with E-state index >= 15 is 0 Å². The maximum absolute atomic E-state index is 12.0. The predicted molar refractivity (Wildman–Crippen MR) is 85.6 cm³/mol. The first-order valence-electron chi connectivity index (χ1n) is 7.14. The third kappa shape index (κ3) is 4.04. The summed E-state index contributed by atoms with van der Waals surface area (Å²) in [5.74, 6) is 0.0844. The molecule has 3 nitrogen and oxygen atoms in total. The molecule has 1 aromatic carbocycles. The molecule has 2 rings (SSSR count). The Labute approximate surface area is 125 Å². The summed E-state index contributed by atoms with van der Waals surface area (Å²) in [5.41, 5.74) is 7.67. The summed E-state index contributed by atoms with van der Waals surface area (Å²) in [6.45, 7) is 3.05. The molecule has 0 radical (unpaired) electrons. The van der Waals surface area contributed by atoms with E-state index in [1.165, 1.54) is 25.7 Å². The van der Waals surface area contributed by atoms with Gasteiger partial charge in [-0.15, -0.1) is 0 Å². The number of nitrogens with one attached hydrogen (secondary N) is 1. The number of carbonyl (C=O) groups excluding carboxylic acids is 1. The molecule has 3 N–H and O–H groups in total. The van der Waals surface area contributed by atoms with E-state index in [0.717, 1.165) is 17.7 Å². The molecule has 1 fully saturated rings. The van der Waals surface area contributed by atoms with Crippen molar-refractivity contribution < 1.29 is 4.79 Å². The van der Waals surface area contributed by atoms with Crippen molar-refractivity contribution in [2.75, 3.05) is 6.54 Å². The van der Waals surface area contributed by atoms with Crippen LogP contribution in [0.1, 0.15) is 43.7 Å². The zero-order valence-corrected chi connectivity index (χ0v) is 12.8. The highest BCUT2D eigenvalue weighted by Gasteiger charge is 2.28. The van der Waals surface area contributed by atoms with E-state index in [2.05, 4.69) is 12.2 Å². The molecule has 1 aliphatic rings. The van der Waals surface area contributed by atoms with Crippen LogP contribution in [0.3, 0.4) is 0 Å². The first-order valence-corrected chi connectivity index (χ1v) is 7.55. The molecule has 4 heteroatoms. The quantitative estimate of drug-likeness (QED) is 0.820. The molecule has 0 aliphatic heterocycles. The molecule has 0 heterocycles. The summed E-state index contributed by atoms with van der Waals surface area (Å²) in [6.07, 6.45) is 5.42. The summed E-state index contributed by atoms with van der Waals surface area (Å²) < 4.78 is 0. The Kier molecular flexibility index (Phi) is 4.76. The summed E-state index contributed by atoms with van der Waals surface area (Å²) in [5, 5.41) is 3.06. The van der Waals surface area contributed by atoms with Gasteiger partial charge >= 0.3 is 0 Å². The lowest BCUT2D eigenvalue weighted by Crippen LogP contribution is -2.34. The number of rotatable bonds is 5. The van der Waals surface area contributed by atoms with Crippen molar-refractivity contribution in [1.82, 2.24) is 5.32 Å². The van der Waals surface area contributed by atoms with Crippen molar-refractivity contribution in [2.45, 2.75) is 39.0 Å². The van der Waals surface area contributed by atoms with Crippen LogP contribution in [0.4, 0.5) is 0 Å². The number of nitrogens with two attached hydrogens (primary N) is 1. The monoisotopic (exact) mass is 290 g/mol.